The lowest BCUT2D eigenvalue weighted by Gasteiger charge is -2.09. The van der Waals surface area contributed by atoms with Crippen LogP contribution in [0.3, 0.4) is 0 Å². The average Bonchev–Trinajstić information content (AvgIpc) is 2.83. The molecule has 21 heavy (non-hydrogen) atoms. The summed E-state index contributed by atoms with van der Waals surface area (Å²) in [6.45, 7) is 2.68. The third kappa shape index (κ3) is 2.65. The molecular weight excluding hydrogens is 286 g/mol. The molecule has 4 heteroatoms. The minimum Gasteiger partial charge on any atom is -0.478 e. The van der Waals surface area contributed by atoms with Gasteiger partial charge in [0, 0.05) is 23.3 Å². The molecule has 3 rings (SSSR count). The Balaban J connectivity index is 1.99. The normalized spacial score (nSPS) is 11.0. The summed E-state index contributed by atoms with van der Waals surface area (Å²) in [5.74, 6) is -0.967. The number of carbonyl (C=O) groups is 1. The van der Waals surface area contributed by atoms with Crippen LogP contribution >= 0.6 is 11.6 Å². The van der Waals surface area contributed by atoms with Crippen molar-refractivity contribution in [1.82, 2.24) is 4.57 Å². The molecule has 3 aromatic rings. The number of aromatic nitrogens is 1. The Morgan fingerprint density at radius 3 is 2.71 bits per heavy atom. The summed E-state index contributed by atoms with van der Waals surface area (Å²) >= 11 is 6.20. The number of aryl methyl sites for hydroxylation is 1. The van der Waals surface area contributed by atoms with Gasteiger partial charge in [-0.3, -0.25) is 0 Å². The summed E-state index contributed by atoms with van der Waals surface area (Å²) in [7, 11) is 0. The van der Waals surface area contributed by atoms with E-state index in [1.165, 1.54) is 17.0 Å². The molecule has 0 aliphatic heterocycles. The molecule has 0 bridgehead atoms. The zero-order valence-corrected chi connectivity index (χ0v) is 12.3. The summed E-state index contributed by atoms with van der Waals surface area (Å²) in [6.07, 6.45) is 2.02. The maximum Gasteiger partial charge on any atom is 0.335 e. The second kappa shape index (κ2) is 5.26. The van der Waals surface area contributed by atoms with Gasteiger partial charge in [0.2, 0.25) is 0 Å². The quantitative estimate of drug-likeness (QED) is 0.781. The molecule has 2 aromatic carbocycles. The van der Waals surface area contributed by atoms with Gasteiger partial charge in [-0.25, -0.2) is 4.79 Å². The van der Waals surface area contributed by atoms with E-state index < -0.39 is 5.97 Å². The largest absolute Gasteiger partial charge is 0.478 e. The fourth-order valence-electron chi connectivity index (χ4n) is 2.42. The smallest absolute Gasteiger partial charge is 0.335 e. The van der Waals surface area contributed by atoms with Gasteiger partial charge in [0.25, 0.3) is 0 Å². The lowest BCUT2D eigenvalue weighted by Crippen LogP contribution is -2.01. The van der Waals surface area contributed by atoms with Gasteiger partial charge in [-0.15, -0.1) is 0 Å². The van der Waals surface area contributed by atoms with Gasteiger partial charge in [0.1, 0.15) is 0 Å². The van der Waals surface area contributed by atoms with E-state index in [1.54, 1.807) is 12.1 Å². The molecule has 0 unspecified atom stereocenters. The monoisotopic (exact) mass is 299 g/mol. The number of fused-ring (bicyclic) bond motifs is 1. The predicted octanol–water partition coefficient (Wildman–Crippen LogP) is 4.35. The SMILES string of the molecule is Cc1ccc2ccn(Cc3ccc(C(=O)O)cc3Cl)c2c1. The van der Waals surface area contributed by atoms with E-state index in [1.807, 2.05) is 6.20 Å². The first-order valence-corrected chi connectivity index (χ1v) is 6.99. The van der Waals surface area contributed by atoms with Gasteiger partial charge in [-0.1, -0.05) is 29.8 Å². The molecule has 1 N–H and O–H groups in total. The third-order valence-corrected chi connectivity index (χ3v) is 3.92. The number of benzene rings is 2. The van der Waals surface area contributed by atoms with Gasteiger partial charge in [0.15, 0.2) is 0 Å². The molecule has 3 nitrogen and oxygen atoms in total. The van der Waals surface area contributed by atoms with E-state index in [0.717, 1.165) is 11.1 Å². The zero-order valence-electron chi connectivity index (χ0n) is 11.5. The minimum atomic E-state index is -0.967. The van der Waals surface area contributed by atoms with Crippen molar-refractivity contribution in [3.63, 3.8) is 0 Å². The lowest BCUT2D eigenvalue weighted by molar-refractivity contribution is 0.0697. The first kappa shape index (κ1) is 13.7. The van der Waals surface area contributed by atoms with Crippen LogP contribution < -0.4 is 0 Å². The number of carboxylic acid groups (broad SMARTS) is 1. The first-order chi connectivity index (χ1) is 10.0. The number of hydrogen-bond donors (Lipinski definition) is 1. The highest BCUT2D eigenvalue weighted by atomic mass is 35.5. The fraction of sp³-hybridized carbons (Fsp3) is 0.118. The number of halogens is 1. The van der Waals surface area contributed by atoms with Crippen molar-refractivity contribution in [2.24, 2.45) is 0 Å². The van der Waals surface area contributed by atoms with Crippen LogP contribution in [0.5, 0.6) is 0 Å². The Labute approximate surface area is 127 Å². The Kier molecular flexibility index (Phi) is 3.43. The van der Waals surface area contributed by atoms with Gasteiger partial charge in [-0.05, 0) is 47.7 Å². The topological polar surface area (TPSA) is 42.2 Å². The van der Waals surface area contributed by atoms with Crippen LogP contribution in [0, 0.1) is 6.92 Å². The molecule has 0 saturated carbocycles. The highest BCUT2D eigenvalue weighted by molar-refractivity contribution is 6.31. The minimum absolute atomic E-state index is 0.206. The maximum atomic E-state index is 10.9. The van der Waals surface area contributed by atoms with Crippen LogP contribution in [0.25, 0.3) is 10.9 Å². The van der Waals surface area contributed by atoms with Crippen LogP contribution in [0.4, 0.5) is 0 Å². The van der Waals surface area contributed by atoms with E-state index in [0.29, 0.717) is 11.6 Å². The van der Waals surface area contributed by atoms with E-state index in [2.05, 4.69) is 35.8 Å². The number of hydrogen-bond acceptors (Lipinski definition) is 1. The van der Waals surface area contributed by atoms with Crippen LogP contribution in [-0.4, -0.2) is 15.6 Å². The van der Waals surface area contributed by atoms with E-state index in [9.17, 15) is 4.79 Å². The molecule has 0 aliphatic carbocycles. The average molecular weight is 300 g/mol. The molecule has 0 amide bonds. The van der Waals surface area contributed by atoms with Crippen molar-refractivity contribution in [3.05, 3.63) is 70.4 Å². The van der Waals surface area contributed by atoms with Crippen molar-refractivity contribution in [3.8, 4) is 0 Å². The summed E-state index contributed by atoms with van der Waals surface area (Å²) in [4.78, 5) is 10.9. The highest BCUT2D eigenvalue weighted by Crippen LogP contribution is 2.23. The van der Waals surface area contributed by atoms with Gasteiger partial charge < -0.3 is 9.67 Å². The zero-order chi connectivity index (χ0) is 15.0. The number of aromatic carboxylic acids is 1. The summed E-state index contributed by atoms with van der Waals surface area (Å²) < 4.78 is 2.12. The molecule has 0 fully saturated rings. The van der Waals surface area contributed by atoms with Crippen molar-refractivity contribution in [1.29, 1.82) is 0 Å². The first-order valence-electron chi connectivity index (χ1n) is 6.62. The van der Waals surface area contributed by atoms with Crippen molar-refractivity contribution < 1.29 is 9.90 Å². The molecule has 0 radical (unpaired) electrons. The molecular formula is C17H14ClNO2. The van der Waals surface area contributed by atoms with E-state index in [-0.39, 0.29) is 5.56 Å². The van der Waals surface area contributed by atoms with Gasteiger partial charge in [-0.2, -0.15) is 0 Å². The Hall–Kier alpha value is -2.26. The van der Waals surface area contributed by atoms with E-state index in [4.69, 9.17) is 16.7 Å². The second-order valence-electron chi connectivity index (χ2n) is 5.12. The predicted molar refractivity (Wildman–Crippen MR) is 84.2 cm³/mol. The molecule has 106 valence electrons. The summed E-state index contributed by atoms with van der Waals surface area (Å²) in [5, 5.41) is 10.6. The molecule has 0 saturated heterocycles. The molecule has 1 heterocycles. The summed E-state index contributed by atoms with van der Waals surface area (Å²) in [6, 6.07) is 13.2. The molecule has 0 atom stereocenters. The van der Waals surface area contributed by atoms with Crippen LogP contribution in [-0.2, 0) is 6.54 Å². The molecule has 1 aromatic heterocycles. The Morgan fingerprint density at radius 1 is 1.19 bits per heavy atom. The number of nitrogens with zero attached hydrogens (tertiary/aromatic N) is 1. The molecule has 0 spiro atoms. The van der Waals surface area contributed by atoms with Crippen LogP contribution in [0.1, 0.15) is 21.5 Å². The van der Waals surface area contributed by atoms with Crippen molar-refractivity contribution in [2.45, 2.75) is 13.5 Å². The van der Waals surface area contributed by atoms with Crippen molar-refractivity contribution in [2.75, 3.05) is 0 Å². The van der Waals surface area contributed by atoms with E-state index >= 15 is 0 Å². The standard InChI is InChI=1S/C17H14ClNO2/c1-11-2-3-12-6-7-19(16(12)8-11)10-14-5-4-13(17(20)21)9-15(14)18/h2-9H,10H2,1H3,(H,20,21). The fourth-order valence-corrected chi connectivity index (χ4v) is 2.66. The van der Waals surface area contributed by atoms with Gasteiger partial charge in [0.05, 0.1) is 5.56 Å². The highest BCUT2D eigenvalue weighted by Gasteiger charge is 2.09. The lowest BCUT2D eigenvalue weighted by atomic mass is 10.1. The van der Waals surface area contributed by atoms with Crippen LogP contribution in [0.2, 0.25) is 5.02 Å². The maximum absolute atomic E-state index is 10.9. The van der Waals surface area contributed by atoms with Crippen LogP contribution in [0.15, 0.2) is 48.7 Å². The van der Waals surface area contributed by atoms with Crippen molar-refractivity contribution >= 4 is 28.5 Å². The Bertz CT molecular complexity index is 836. The van der Waals surface area contributed by atoms with Gasteiger partial charge >= 0.3 is 5.97 Å². The number of carboxylic acids is 1. The molecule has 0 aliphatic rings. The third-order valence-electron chi connectivity index (χ3n) is 3.57. The summed E-state index contributed by atoms with van der Waals surface area (Å²) in [5.41, 5.74) is 3.46. The Morgan fingerprint density at radius 2 is 2.00 bits per heavy atom. The number of rotatable bonds is 3. The second-order valence-corrected chi connectivity index (χ2v) is 5.52.